The summed E-state index contributed by atoms with van der Waals surface area (Å²) in [6.45, 7) is 2.93. The highest BCUT2D eigenvalue weighted by Crippen LogP contribution is 2.21. The highest BCUT2D eigenvalue weighted by molar-refractivity contribution is 7.16. The number of nitrogens with zero attached hydrogens (tertiary/aromatic N) is 2. The maximum absolute atomic E-state index is 5.86. The van der Waals surface area contributed by atoms with Crippen molar-refractivity contribution in [2.45, 2.75) is 19.8 Å². The van der Waals surface area contributed by atoms with Crippen LogP contribution in [0.15, 0.2) is 12.1 Å². The van der Waals surface area contributed by atoms with E-state index in [1.54, 1.807) is 11.3 Å². The smallest absolute Gasteiger partial charge is 0.202 e. The van der Waals surface area contributed by atoms with Gasteiger partial charge in [0.25, 0.3) is 0 Å². The van der Waals surface area contributed by atoms with Crippen molar-refractivity contribution in [1.29, 1.82) is 0 Å². The Morgan fingerprint density at radius 1 is 1.44 bits per heavy atom. The Kier molecular flexibility index (Phi) is 4.15. The largest absolute Gasteiger partial charge is 0.360 e. The van der Waals surface area contributed by atoms with Gasteiger partial charge in [-0.25, -0.2) is 4.98 Å². The SMILES string of the molecule is CCc1nsc(NCCc2ccc(Cl)s2)n1. The van der Waals surface area contributed by atoms with Gasteiger partial charge >= 0.3 is 0 Å². The molecule has 0 bridgehead atoms. The fraction of sp³-hybridized carbons (Fsp3) is 0.400. The lowest BCUT2D eigenvalue weighted by molar-refractivity contribution is 0.984. The highest BCUT2D eigenvalue weighted by atomic mass is 35.5. The number of rotatable bonds is 5. The van der Waals surface area contributed by atoms with Gasteiger partial charge in [-0.3, -0.25) is 0 Å². The maximum atomic E-state index is 5.86. The number of aryl methyl sites for hydroxylation is 1. The number of nitrogens with one attached hydrogen (secondary N) is 1. The minimum atomic E-state index is 0.846. The molecule has 0 saturated carbocycles. The van der Waals surface area contributed by atoms with Gasteiger partial charge in [0.05, 0.1) is 4.34 Å². The predicted molar refractivity (Wildman–Crippen MR) is 70.8 cm³/mol. The van der Waals surface area contributed by atoms with Gasteiger partial charge in [0.15, 0.2) is 0 Å². The van der Waals surface area contributed by atoms with Crippen LogP contribution >= 0.6 is 34.5 Å². The van der Waals surface area contributed by atoms with Gasteiger partial charge in [-0.1, -0.05) is 18.5 Å². The summed E-state index contributed by atoms with van der Waals surface area (Å²) in [7, 11) is 0. The lowest BCUT2D eigenvalue weighted by atomic mass is 10.3. The van der Waals surface area contributed by atoms with Gasteiger partial charge in [-0.15, -0.1) is 11.3 Å². The first kappa shape index (κ1) is 11.8. The summed E-state index contributed by atoms with van der Waals surface area (Å²) < 4.78 is 5.06. The second kappa shape index (κ2) is 5.61. The van der Waals surface area contributed by atoms with Crippen molar-refractivity contribution in [3.8, 4) is 0 Å². The van der Waals surface area contributed by atoms with E-state index in [-0.39, 0.29) is 0 Å². The summed E-state index contributed by atoms with van der Waals surface area (Å²) in [6, 6.07) is 3.99. The molecule has 0 spiro atoms. The van der Waals surface area contributed by atoms with Crippen LogP contribution in [-0.4, -0.2) is 15.9 Å². The van der Waals surface area contributed by atoms with E-state index in [9.17, 15) is 0 Å². The highest BCUT2D eigenvalue weighted by Gasteiger charge is 2.02. The first-order chi connectivity index (χ1) is 7.78. The summed E-state index contributed by atoms with van der Waals surface area (Å²) in [5.41, 5.74) is 0. The Morgan fingerprint density at radius 3 is 2.94 bits per heavy atom. The Labute approximate surface area is 108 Å². The molecular weight excluding hydrogens is 262 g/mol. The number of hydrogen-bond acceptors (Lipinski definition) is 5. The number of aromatic nitrogens is 2. The number of anilines is 1. The molecule has 0 radical (unpaired) electrons. The topological polar surface area (TPSA) is 37.8 Å². The standard InChI is InChI=1S/C10H12ClN3S2/c1-2-9-13-10(16-14-9)12-6-5-7-3-4-8(11)15-7/h3-4H,2,5-6H2,1H3,(H,12,13,14). The molecule has 2 aromatic rings. The number of hydrogen-bond donors (Lipinski definition) is 1. The molecule has 6 heteroatoms. The normalized spacial score (nSPS) is 10.6. The molecule has 2 rings (SSSR count). The molecule has 0 aliphatic rings. The van der Waals surface area contributed by atoms with Crippen molar-refractivity contribution in [3.63, 3.8) is 0 Å². The van der Waals surface area contributed by atoms with Gasteiger partial charge in [0.2, 0.25) is 5.13 Å². The van der Waals surface area contributed by atoms with E-state index in [2.05, 4.69) is 27.7 Å². The lowest BCUT2D eigenvalue weighted by Crippen LogP contribution is -2.03. The molecule has 3 nitrogen and oxygen atoms in total. The summed E-state index contributed by atoms with van der Waals surface area (Å²) in [5, 5.41) is 4.17. The van der Waals surface area contributed by atoms with Crippen LogP contribution in [0.5, 0.6) is 0 Å². The molecule has 2 heterocycles. The van der Waals surface area contributed by atoms with Gasteiger partial charge in [0, 0.05) is 29.4 Å². The van der Waals surface area contributed by atoms with Gasteiger partial charge < -0.3 is 5.32 Å². The van der Waals surface area contributed by atoms with E-state index >= 15 is 0 Å². The minimum Gasteiger partial charge on any atom is -0.360 e. The van der Waals surface area contributed by atoms with E-state index in [4.69, 9.17) is 11.6 Å². The third-order valence-electron chi connectivity index (χ3n) is 2.06. The summed E-state index contributed by atoms with van der Waals surface area (Å²) in [6.07, 6.45) is 1.86. The van der Waals surface area contributed by atoms with Crippen LogP contribution in [0.25, 0.3) is 0 Å². The van der Waals surface area contributed by atoms with Crippen LogP contribution in [0.4, 0.5) is 5.13 Å². The fourth-order valence-corrected chi connectivity index (χ4v) is 3.01. The molecule has 0 amide bonds. The second-order valence-electron chi connectivity index (χ2n) is 3.25. The molecule has 0 aliphatic carbocycles. The monoisotopic (exact) mass is 273 g/mol. The average molecular weight is 274 g/mol. The van der Waals surface area contributed by atoms with Crippen LogP contribution in [-0.2, 0) is 12.8 Å². The number of thiophene rings is 1. The van der Waals surface area contributed by atoms with Crippen molar-refractivity contribution < 1.29 is 0 Å². The third kappa shape index (κ3) is 3.17. The van der Waals surface area contributed by atoms with Crippen molar-refractivity contribution in [3.05, 3.63) is 27.2 Å². The van der Waals surface area contributed by atoms with Crippen molar-refractivity contribution >= 4 is 39.6 Å². The quantitative estimate of drug-likeness (QED) is 0.906. The zero-order valence-electron chi connectivity index (χ0n) is 8.86. The van der Waals surface area contributed by atoms with E-state index in [0.29, 0.717) is 0 Å². The molecule has 0 atom stereocenters. The average Bonchev–Trinajstić information content (AvgIpc) is 2.88. The van der Waals surface area contributed by atoms with Crippen molar-refractivity contribution in [2.24, 2.45) is 0 Å². The predicted octanol–water partition coefficient (Wildman–Crippen LogP) is 3.47. The zero-order valence-corrected chi connectivity index (χ0v) is 11.3. The number of halogens is 1. The van der Waals surface area contributed by atoms with Crippen LogP contribution in [0, 0.1) is 0 Å². The summed E-state index contributed by atoms with van der Waals surface area (Å²) >= 11 is 8.90. The fourth-order valence-electron chi connectivity index (χ4n) is 1.25. The van der Waals surface area contributed by atoms with E-state index in [0.717, 1.165) is 34.7 Å². The summed E-state index contributed by atoms with van der Waals surface area (Å²) in [5.74, 6) is 0.909. The van der Waals surface area contributed by atoms with Gasteiger partial charge in [0.1, 0.15) is 5.82 Å². The summed E-state index contributed by atoms with van der Waals surface area (Å²) in [4.78, 5) is 5.63. The van der Waals surface area contributed by atoms with Crippen LogP contribution in [0.2, 0.25) is 4.34 Å². The molecule has 0 aliphatic heterocycles. The van der Waals surface area contributed by atoms with E-state index < -0.39 is 0 Å². The Bertz CT molecular complexity index is 452. The molecule has 0 fully saturated rings. The molecule has 0 unspecified atom stereocenters. The van der Waals surface area contributed by atoms with Crippen molar-refractivity contribution in [1.82, 2.24) is 9.36 Å². The molecule has 0 aromatic carbocycles. The van der Waals surface area contributed by atoms with Gasteiger partial charge in [-0.05, 0) is 18.6 Å². The molecule has 0 saturated heterocycles. The van der Waals surface area contributed by atoms with E-state index in [1.807, 2.05) is 6.07 Å². The van der Waals surface area contributed by atoms with Crippen LogP contribution in [0.3, 0.4) is 0 Å². The second-order valence-corrected chi connectivity index (χ2v) is 5.80. The third-order valence-corrected chi connectivity index (χ3v) is 4.06. The minimum absolute atomic E-state index is 0.846. The first-order valence-corrected chi connectivity index (χ1v) is 7.05. The van der Waals surface area contributed by atoms with Crippen LogP contribution < -0.4 is 5.32 Å². The molecule has 2 aromatic heterocycles. The zero-order chi connectivity index (χ0) is 11.4. The molecular formula is C10H12ClN3S2. The first-order valence-electron chi connectivity index (χ1n) is 5.08. The Morgan fingerprint density at radius 2 is 2.31 bits per heavy atom. The molecule has 1 N–H and O–H groups in total. The Balaban J connectivity index is 1.79. The van der Waals surface area contributed by atoms with Crippen LogP contribution in [0.1, 0.15) is 17.6 Å². The molecule has 86 valence electrons. The maximum Gasteiger partial charge on any atom is 0.202 e. The van der Waals surface area contributed by atoms with E-state index in [1.165, 1.54) is 16.4 Å². The van der Waals surface area contributed by atoms with Crippen molar-refractivity contribution in [2.75, 3.05) is 11.9 Å². The van der Waals surface area contributed by atoms with Gasteiger partial charge in [-0.2, -0.15) is 4.37 Å². The Hall–Kier alpha value is -0.650. The molecule has 16 heavy (non-hydrogen) atoms. The lowest BCUT2D eigenvalue weighted by Gasteiger charge is -1.99.